The summed E-state index contributed by atoms with van der Waals surface area (Å²) in [6.45, 7) is 6.71. The largest absolute Gasteiger partial charge is 0.378 e. The Bertz CT molecular complexity index is 779. The Morgan fingerprint density at radius 2 is 1.96 bits per heavy atom. The lowest BCUT2D eigenvalue weighted by Crippen LogP contribution is -2.52. The summed E-state index contributed by atoms with van der Waals surface area (Å²) in [4.78, 5) is 23.7. The first-order chi connectivity index (χ1) is 12.6. The number of urea groups is 1. The normalized spacial score (nSPS) is 19.2. The van der Waals surface area contributed by atoms with E-state index in [1.165, 1.54) is 10.3 Å². The Balaban J connectivity index is 1.37. The van der Waals surface area contributed by atoms with E-state index in [9.17, 15) is 4.79 Å². The number of ether oxygens (including phenoxy) is 1. The fourth-order valence-corrected chi connectivity index (χ4v) is 4.85. The van der Waals surface area contributed by atoms with E-state index in [2.05, 4.69) is 30.0 Å². The van der Waals surface area contributed by atoms with E-state index >= 15 is 0 Å². The Labute approximate surface area is 158 Å². The molecule has 0 atom stereocenters. The van der Waals surface area contributed by atoms with Gasteiger partial charge in [-0.3, -0.25) is 0 Å². The maximum absolute atomic E-state index is 12.7. The minimum absolute atomic E-state index is 0.141. The smallest absolute Gasteiger partial charge is 0.320 e. The van der Waals surface area contributed by atoms with Gasteiger partial charge in [-0.05, 0) is 37.5 Å². The van der Waals surface area contributed by atoms with Crippen LogP contribution >= 0.6 is 11.3 Å². The number of carbonyl (C=O) groups is 1. The zero-order chi connectivity index (χ0) is 18.1. The maximum atomic E-state index is 12.7. The molecule has 1 aromatic heterocycles. The number of rotatable bonds is 2. The first-order valence-corrected chi connectivity index (χ1v) is 10.1. The molecule has 140 valence electrons. The second kappa shape index (κ2) is 7.40. The molecule has 0 saturated carbocycles. The van der Waals surface area contributed by atoms with E-state index in [1.54, 1.807) is 11.3 Å². The topological polar surface area (TPSA) is 48.9 Å². The summed E-state index contributed by atoms with van der Waals surface area (Å²) in [6.07, 6.45) is 1.98. The molecule has 2 amide bonds. The molecule has 4 rings (SSSR count). The summed E-state index contributed by atoms with van der Waals surface area (Å²) < 4.78 is 6.60. The van der Waals surface area contributed by atoms with Gasteiger partial charge in [0, 0.05) is 39.3 Å². The average Bonchev–Trinajstić information content (AvgIpc) is 3.11. The van der Waals surface area contributed by atoms with Crippen molar-refractivity contribution in [2.45, 2.75) is 25.8 Å². The van der Waals surface area contributed by atoms with Gasteiger partial charge in [0.15, 0.2) is 5.13 Å². The van der Waals surface area contributed by atoms with Crippen LogP contribution in [-0.4, -0.2) is 73.3 Å². The summed E-state index contributed by atoms with van der Waals surface area (Å²) in [5.74, 6) is 0. The molecule has 2 aliphatic rings. The van der Waals surface area contributed by atoms with Gasteiger partial charge in [0.2, 0.25) is 0 Å². The van der Waals surface area contributed by atoms with Crippen LogP contribution in [0.4, 0.5) is 9.93 Å². The molecule has 2 saturated heterocycles. The summed E-state index contributed by atoms with van der Waals surface area (Å²) in [5.41, 5.74) is 2.35. The molecule has 0 N–H and O–H groups in total. The molecule has 2 fully saturated rings. The van der Waals surface area contributed by atoms with Gasteiger partial charge in [0.1, 0.15) is 0 Å². The van der Waals surface area contributed by atoms with Crippen molar-refractivity contribution in [3.63, 3.8) is 0 Å². The second-order valence-electron chi connectivity index (χ2n) is 7.18. The Morgan fingerprint density at radius 3 is 2.69 bits per heavy atom. The van der Waals surface area contributed by atoms with E-state index in [0.29, 0.717) is 32.3 Å². The van der Waals surface area contributed by atoms with Crippen LogP contribution in [0.5, 0.6) is 0 Å². The fraction of sp³-hybridized carbons (Fsp3) is 0.579. The molecule has 7 heteroatoms. The van der Waals surface area contributed by atoms with Crippen LogP contribution in [0.2, 0.25) is 0 Å². The first kappa shape index (κ1) is 17.5. The van der Waals surface area contributed by atoms with E-state index in [0.717, 1.165) is 36.6 Å². The highest BCUT2D eigenvalue weighted by Gasteiger charge is 2.29. The fourth-order valence-electron chi connectivity index (χ4n) is 3.73. The second-order valence-corrected chi connectivity index (χ2v) is 8.19. The number of morpholine rings is 1. The van der Waals surface area contributed by atoms with E-state index in [1.807, 2.05) is 16.8 Å². The van der Waals surface area contributed by atoms with Gasteiger partial charge >= 0.3 is 6.03 Å². The van der Waals surface area contributed by atoms with Gasteiger partial charge in [-0.1, -0.05) is 17.4 Å². The highest BCUT2D eigenvalue weighted by Crippen LogP contribution is 2.31. The van der Waals surface area contributed by atoms with Crippen molar-refractivity contribution in [2.24, 2.45) is 0 Å². The first-order valence-electron chi connectivity index (χ1n) is 9.33. The molecule has 2 aromatic rings. The quantitative estimate of drug-likeness (QED) is 0.811. The number of fused-ring (bicyclic) bond motifs is 1. The standard InChI is InChI=1S/C19H26N4O2S/c1-14-3-4-16-17(13-14)26-18(20-16)22-7-5-15(6-8-22)21(2)19(24)23-9-11-25-12-10-23/h3-4,13,15H,5-12H2,1-2H3. The van der Waals surface area contributed by atoms with Crippen LogP contribution in [-0.2, 0) is 4.74 Å². The third kappa shape index (κ3) is 3.50. The van der Waals surface area contributed by atoms with Gasteiger partial charge in [-0.2, -0.15) is 0 Å². The van der Waals surface area contributed by atoms with E-state index in [-0.39, 0.29) is 6.03 Å². The van der Waals surface area contributed by atoms with Crippen molar-refractivity contribution in [1.29, 1.82) is 0 Å². The van der Waals surface area contributed by atoms with Crippen molar-refractivity contribution in [2.75, 3.05) is 51.3 Å². The molecule has 0 spiro atoms. The number of benzene rings is 1. The number of amides is 2. The number of aromatic nitrogens is 1. The maximum Gasteiger partial charge on any atom is 0.320 e. The molecule has 6 nitrogen and oxygen atoms in total. The molecule has 1 aromatic carbocycles. The van der Waals surface area contributed by atoms with Crippen molar-refractivity contribution in [3.05, 3.63) is 23.8 Å². The van der Waals surface area contributed by atoms with Gasteiger partial charge in [-0.25, -0.2) is 9.78 Å². The van der Waals surface area contributed by atoms with Gasteiger partial charge in [-0.15, -0.1) is 0 Å². The lowest BCUT2D eigenvalue weighted by atomic mass is 10.0. The van der Waals surface area contributed by atoms with Gasteiger partial charge < -0.3 is 19.4 Å². The van der Waals surface area contributed by atoms with Crippen LogP contribution in [0, 0.1) is 6.92 Å². The number of anilines is 1. The van der Waals surface area contributed by atoms with Crippen molar-refractivity contribution < 1.29 is 9.53 Å². The minimum Gasteiger partial charge on any atom is -0.378 e. The summed E-state index contributed by atoms with van der Waals surface area (Å²) >= 11 is 1.77. The summed E-state index contributed by atoms with van der Waals surface area (Å²) in [5, 5.41) is 1.10. The molecule has 0 unspecified atom stereocenters. The van der Waals surface area contributed by atoms with Crippen LogP contribution < -0.4 is 4.90 Å². The summed E-state index contributed by atoms with van der Waals surface area (Å²) in [6, 6.07) is 6.87. The van der Waals surface area contributed by atoms with Crippen molar-refractivity contribution in [1.82, 2.24) is 14.8 Å². The van der Waals surface area contributed by atoms with Crippen LogP contribution in [0.15, 0.2) is 18.2 Å². The van der Waals surface area contributed by atoms with E-state index in [4.69, 9.17) is 9.72 Å². The molecule has 2 aliphatic heterocycles. The number of aryl methyl sites for hydroxylation is 1. The average molecular weight is 375 g/mol. The minimum atomic E-state index is 0.141. The SMILES string of the molecule is Cc1ccc2nc(N3CCC(N(C)C(=O)N4CCOCC4)CC3)sc2c1. The number of piperidine rings is 1. The van der Waals surface area contributed by atoms with Crippen molar-refractivity contribution in [3.8, 4) is 0 Å². The van der Waals surface area contributed by atoms with Crippen molar-refractivity contribution >= 4 is 32.7 Å². The molecular weight excluding hydrogens is 348 g/mol. The molecule has 0 radical (unpaired) electrons. The number of nitrogens with zero attached hydrogens (tertiary/aromatic N) is 4. The predicted octanol–water partition coefficient (Wildman–Crippen LogP) is 2.96. The number of carbonyl (C=O) groups excluding carboxylic acids is 1. The number of hydrogen-bond donors (Lipinski definition) is 0. The molecule has 3 heterocycles. The highest BCUT2D eigenvalue weighted by molar-refractivity contribution is 7.22. The molecule has 0 aliphatic carbocycles. The monoisotopic (exact) mass is 374 g/mol. The molecular formula is C19H26N4O2S. The zero-order valence-electron chi connectivity index (χ0n) is 15.5. The Hall–Kier alpha value is -1.86. The lowest BCUT2D eigenvalue weighted by molar-refractivity contribution is 0.0409. The van der Waals surface area contributed by atoms with Gasteiger partial charge in [0.25, 0.3) is 0 Å². The van der Waals surface area contributed by atoms with Gasteiger partial charge in [0.05, 0.1) is 23.4 Å². The van der Waals surface area contributed by atoms with E-state index < -0.39 is 0 Å². The molecule has 0 bridgehead atoms. The Kier molecular flexibility index (Phi) is 5.00. The zero-order valence-corrected chi connectivity index (χ0v) is 16.3. The number of thiazole rings is 1. The molecule has 26 heavy (non-hydrogen) atoms. The predicted molar refractivity (Wildman–Crippen MR) is 105 cm³/mol. The highest BCUT2D eigenvalue weighted by atomic mass is 32.1. The third-order valence-corrected chi connectivity index (χ3v) is 6.48. The van der Waals surface area contributed by atoms with Crippen LogP contribution in [0.3, 0.4) is 0 Å². The lowest BCUT2D eigenvalue weighted by Gasteiger charge is -2.39. The summed E-state index contributed by atoms with van der Waals surface area (Å²) in [7, 11) is 1.94. The third-order valence-electron chi connectivity index (χ3n) is 5.40. The van der Waals surface area contributed by atoms with Crippen LogP contribution in [0.25, 0.3) is 10.2 Å². The van der Waals surface area contributed by atoms with Crippen LogP contribution in [0.1, 0.15) is 18.4 Å². The number of hydrogen-bond acceptors (Lipinski definition) is 5. The Morgan fingerprint density at radius 1 is 1.23 bits per heavy atom.